The van der Waals surface area contributed by atoms with Gasteiger partial charge in [0.1, 0.15) is 0 Å². The first-order valence-electron chi connectivity index (χ1n) is 8.04. The molecule has 1 aliphatic carbocycles. The number of ether oxygens (including phenoxy) is 2. The number of fused-ring (bicyclic) bond motifs is 1. The standard InChI is InChI=1S/C19H20O5/c1-11-12(2)19(24-18(11)22)23-10-16(17(20)21)15-9-5-7-13-6-3-4-8-14(13)15/h3-4,6,8,10,15,19H,5,7,9H2,1-2H3,(H,20,21)/b16-10+. The summed E-state index contributed by atoms with van der Waals surface area (Å²) in [5, 5.41) is 9.63. The SMILES string of the molecule is CC1=C(C)C(O/C=C(/C(=O)O)C2CCCc3ccccc32)OC1=O. The quantitative estimate of drug-likeness (QED) is 0.521. The van der Waals surface area contributed by atoms with Crippen LogP contribution in [-0.2, 0) is 25.5 Å². The minimum atomic E-state index is -1.01. The number of carbonyl (C=O) groups is 2. The van der Waals surface area contributed by atoms with Crippen molar-refractivity contribution in [3.8, 4) is 0 Å². The molecule has 5 heteroatoms. The van der Waals surface area contributed by atoms with E-state index in [9.17, 15) is 14.7 Å². The summed E-state index contributed by atoms with van der Waals surface area (Å²) in [6.07, 6.45) is 3.06. The van der Waals surface area contributed by atoms with Crippen LogP contribution in [0, 0.1) is 0 Å². The third kappa shape index (κ3) is 2.94. The lowest BCUT2D eigenvalue weighted by atomic mass is 9.79. The van der Waals surface area contributed by atoms with Gasteiger partial charge >= 0.3 is 11.9 Å². The number of hydrogen-bond acceptors (Lipinski definition) is 4. The van der Waals surface area contributed by atoms with Crippen molar-refractivity contribution in [2.24, 2.45) is 0 Å². The smallest absolute Gasteiger partial charge is 0.337 e. The molecule has 0 radical (unpaired) electrons. The molecule has 0 saturated heterocycles. The Labute approximate surface area is 140 Å². The summed E-state index contributed by atoms with van der Waals surface area (Å²) in [5.41, 5.74) is 3.59. The van der Waals surface area contributed by atoms with E-state index >= 15 is 0 Å². The molecule has 1 aliphatic heterocycles. The Hall–Kier alpha value is -2.56. The Kier molecular flexibility index (Phi) is 4.42. The Bertz CT molecular complexity index is 744. The molecule has 5 nitrogen and oxygen atoms in total. The van der Waals surface area contributed by atoms with E-state index < -0.39 is 18.2 Å². The Balaban J connectivity index is 1.87. The number of carboxylic acids is 1. The molecule has 0 fully saturated rings. The lowest BCUT2D eigenvalue weighted by Crippen LogP contribution is -2.19. The molecule has 1 heterocycles. The topological polar surface area (TPSA) is 72.8 Å². The third-order valence-corrected chi connectivity index (χ3v) is 4.78. The van der Waals surface area contributed by atoms with Crippen molar-refractivity contribution in [1.29, 1.82) is 0 Å². The Morgan fingerprint density at radius 1 is 1.33 bits per heavy atom. The molecule has 0 spiro atoms. The first-order valence-corrected chi connectivity index (χ1v) is 8.04. The second kappa shape index (κ2) is 6.51. The van der Waals surface area contributed by atoms with Crippen molar-refractivity contribution in [2.75, 3.05) is 0 Å². The van der Waals surface area contributed by atoms with Gasteiger partial charge in [-0.15, -0.1) is 0 Å². The van der Waals surface area contributed by atoms with Gasteiger partial charge in [-0.2, -0.15) is 0 Å². The summed E-state index contributed by atoms with van der Waals surface area (Å²) in [6, 6.07) is 7.90. The van der Waals surface area contributed by atoms with Crippen molar-refractivity contribution in [3.63, 3.8) is 0 Å². The molecule has 2 aliphatic rings. The van der Waals surface area contributed by atoms with Crippen molar-refractivity contribution < 1.29 is 24.2 Å². The fourth-order valence-electron chi connectivity index (χ4n) is 3.24. The second-order valence-corrected chi connectivity index (χ2v) is 6.20. The van der Waals surface area contributed by atoms with Crippen LogP contribution in [-0.4, -0.2) is 23.3 Å². The zero-order valence-corrected chi connectivity index (χ0v) is 13.7. The lowest BCUT2D eigenvalue weighted by Gasteiger charge is -2.26. The van der Waals surface area contributed by atoms with Crippen LogP contribution in [0.2, 0.25) is 0 Å². The highest BCUT2D eigenvalue weighted by Gasteiger charge is 2.31. The van der Waals surface area contributed by atoms with Gasteiger partial charge in [0.25, 0.3) is 6.29 Å². The average molecular weight is 328 g/mol. The Morgan fingerprint density at radius 3 is 2.75 bits per heavy atom. The number of carbonyl (C=O) groups excluding carboxylic acids is 1. The zero-order chi connectivity index (χ0) is 17.3. The normalized spacial score (nSPS) is 23.8. The molecule has 1 N–H and O–H groups in total. The fraction of sp³-hybridized carbons (Fsp3) is 0.368. The van der Waals surface area contributed by atoms with Crippen LogP contribution in [0.3, 0.4) is 0 Å². The minimum absolute atomic E-state index is 0.190. The summed E-state index contributed by atoms with van der Waals surface area (Å²) >= 11 is 0. The number of rotatable bonds is 4. The van der Waals surface area contributed by atoms with Gasteiger partial charge in [0.2, 0.25) is 0 Å². The van der Waals surface area contributed by atoms with Crippen LogP contribution in [0.1, 0.15) is 43.7 Å². The van der Waals surface area contributed by atoms with E-state index in [2.05, 4.69) is 0 Å². The third-order valence-electron chi connectivity index (χ3n) is 4.78. The highest BCUT2D eigenvalue weighted by atomic mass is 16.7. The van der Waals surface area contributed by atoms with Crippen LogP contribution in [0.25, 0.3) is 0 Å². The monoisotopic (exact) mass is 328 g/mol. The summed E-state index contributed by atoms with van der Waals surface area (Å²) in [6.45, 7) is 3.41. The molecular formula is C19H20O5. The van der Waals surface area contributed by atoms with Gasteiger partial charge in [0, 0.05) is 17.1 Å². The van der Waals surface area contributed by atoms with Gasteiger partial charge in [0.05, 0.1) is 11.8 Å². The Morgan fingerprint density at radius 2 is 2.08 bits per heavy atom. The van der Waals surface area contributed by atoms with Crippen molar-refractivity contribution in [2.45, 2.75) is 45.3 Å². The first kappa shape index (κ1) is 16.3. The molecule has 1 aromatic carbocycles. The van der Waals surface area contributed by atoms with Crippen molar-refractivity contribution in [3.05, 3.63) is 58.4 Å². The molecule has 126 valence electrons. The summed E-state index contributed by atoms with van der Waals surface area (Å²) in [4.78, 5) is 23.3. The molecule has 2 unspecified atom stereocenters. The number of benzene rings is 1. The summed E-state index contributed by atoms with van der Waals surface area (Å²) in [5.74, 6) is -1.65. The largest absolute Gasteiger partial charge is 0.478 e. The molecule has 0 amide bonds. The molecule has 0 aromatic heterocycles. The van der Waals surface area contributed by atoms with Gasteiger partial charge in [0.15, 0.2) is 0 Å². The maximum absolute atomic E-state index is 11.8. The average Bonchev–Trinajstić information content (AvgIpc) is 2.82. The molecule has 0 saturated carbocycles. The van der Waals surface area contributed by atoms with Crippen LogP contribution >= 0.6 is 0 Å². The van der Waals surface area contributed by atoms with Gasteiger partial charge < -0.3 is 14.6 Å². The van der Waals surface area contributed by atoms with E-state index in [0.29, 0.717) is 11.1 Å². The van der Waals surface area contributed by atoms with Crippen LogP contribution in [0.4, 0.5) is 0 Å². The molecule has 0 bridgehead atoms. The van der Waals surface area contributed by atoms with Crippen molar-refractivity contribution >= 4 is 11.9 Å². The second-order valence-electron chi connectivity index (χ2n) is 6.20. The predicted molar refractivity (Wildman–Crippen MR) is 87.2 cm³/mol. The van der Waals surface area contributed by atoms with E-state index in [-0.39, 0.29) is 11.5 Å². The van der Waals surface area contributed by atoms with E-state index in [0.717, 1.165) is 24.8 Å². The van der Waals surface area contributed by atoms with E-state index in [1.165, 1.54) is 11.8 Å². The maximum atomic E-state index is 11.8. The van der Waals surface area contributed by atoms with E-state index in [1.54, 1.807) is 13.8 Å². The van der Waals surface area contributed by atoms with Crippen LogP contribution < -0.4 is 0 Å². The van der Waals surface area contributed by atoms with Crippen molar-refractivity contribution in [1.82, 2.24) is 0 Å². The summed E-state index contributed by atoms with van der Waals surface area (Å²) < 4.78 is 10.6. The van der Waals surface area contributed by atoms with Crippen LogP contribution in [0.15, 0.2) is 47.2 Å². The fourth-order valence-corrected chi connectivity index (χ4v) is 3.24. The maximum Gasteiger partial charge on any atom is 0.337 e. The van der Waals surface area contributed by atoms with Gasteiger partial charge in [-0.25, -0.2) is 9.59 Å². The number of aliphatic carboxylic acids is 1. The molecule has 1 aromatic rings. The van der Waals surface area contributed by atoms with E-state index in [1.807, 2.05) is 24.3 Å². The lowest BCUT2D eigenvalue weighted by molar-refractivity contribution is -0.153. The van der Waals surface area contributed by atoms with Gasteiger partial charge in [-0.3, -0.25) is 0 Å². The highest BCUT2D eigenvalue weighted by molar-refractivity contribution is 5.91. The highest BCUT2D eigenvalue weighted by Crippen LogP contribution is 2.37. The predicted octanol–water partition coefficient (Wildman–Crippen LogP) is 3.31. The van der Waals surface area contributed by atoms with Gasteiger partial charge in [-0.05, 0) is 44.2 Å². The first-order chi connectivity index (χ1) is 11.5. The zero-order valence-electron chi connectivity index (χ0n) is 13.7. The molecule has 24 heavy (non-hydrogen) atoms. The molecular weight excluding hydrogens is 308 g/mol. The minimum Gasteiger partial charge on any atom is -0.478 e. The van der Waals surface area contributed by atoms with E-state index in [4.69, 9.17) is 9.47 Å². The number of hydrogen-bond donors (Lipinski definition) is 1. The number of esters is 1. The molecule has 3 rings (SSSR count). The number of cyclic esters (lactones) is 1. The van der Waals surface area contributed by atoms with Gasteiger partial charge in [-0.1, -0.05) is 24.3 Å². The van der Waals surface area contributed by atoms with Crippen LogP contribution in [0.5, 0.6) is 0 Å². The number of carboxylic acid groups (broad SMARTS) is 1. The summed E-state index contributed by atoms with van der Waals surface area (Å²) in [7, 11) is 0. The number of aryl methyl sites for hydroxylation is 1. The molecule has 2 atom stereocenters.